The molecule has 11 heteroatoms. The minimum absolute atomic E-state index is 0.0319. The predicted octanol–water partition coefficient (Wildman–Crippen LogP) is 2.86. The van der Waals surface area contributed by atoms with Crippen LogP contribution in [-0.4, -0.2) is 38.4 Å². The summed E-state index contributed by atoms with van der Waals surface area (Å²) < 4.78 is 41.3. The van der Waals surface area contributed by atoms with Crippen LogP contribution in [-0.2, 0) is 16.6 Å². The van der Waals surface area contributed by atoms with Crippen LogP contribution in [0.2, 0.25) is 0 Å². The predicted molar refractivity (Wildman–Crippen MR) is 132 cm³/mol. The fourth-order valence-electron chi connectivity index (χ4n) is 3.41. The third kappa shape index (κ3) is 5.46. The van der Waals surface area contributed by atoms with Crippen molar-refractivity contribution in [1.29, 1.82) is 0 Å². The molecule has 2 aromatic carbocycles. The van der Waals surface area contributed by atoms with Gasteiger partial charge >= 0.3 is 0 Å². The van der Waals surface area contributed by atoms with Gasteiger partial charge in [0.2, 0.25) is 5.56 Å². The van der Waals surface area contributed by atoms with Crippen molar-refractivity contribution in [3.05, 3.63) is 94.2 Å². The summed E-state index contributed by atoms with van der Waals surface area (Å²) in [7, 11) is -0.345. The summed E-state index contributed by atoms with van der Waals surface area (Å²) in [6, 6.07) is 13.6. The zero-order chi connectivity index (χ0) is 25.2. The molecule has 0 spiro atoms. The number of H-pyrrole nitrogens is 1. The number of aromatic nitrogens is 2. The number of fused-ring (bicyclic) bond motifs is 1. The minimum atomic E-state index is -4.05. The first-order chi connectivity index (χ1) is 16.6. The van der Waals surface area contributed by atoms with Crippen LogP contribution in [0.3, 0.4) is 0 Å². The van der Waals surface area contributed by atoms with Gasteiger partial charge < -0.3 is 15.2 Å². The average molecular weight is 496 g/mol. The van der Waals surface area contributed by atoms with Gasteiger partial charge in [-0.2, -0.15) is 0 Å². The first kappa shape index (κ1) is 23.9. The molecule has 4 rings (SSSR count). The van der Waals surface area contributed by atoms with Gasteiger partial charge in [0, 0.05) is 49.5 Å². The number of anilines is 2. The van der Waals surface area contributed by atoms with Crippen LogP contribution in [0, 0.1) is 5.82 Å². The Bertz CT molecular complexity index is 1570. The topological polar surface area (TPSA) is 124 Å². The molecule has 0 aliphatic heterocycles. The Balaban J connectivity index is 1.64. The summed E-state index contributed by atoms with van der Waals surface area (Å²) in [5.74, 6) is -0.310. The van der Waals surface area contributed by atoms with E-state index in [1.165, 1.54) is 30.3 Å². The molecule has 2 aromatic heterocycles. The van der Waals surface area contributed by atoms with Crippen LogP contribution >= 0.6 is 0 Å². The first-order valence-corrected chi connectivity index (χ1v) is 12.0. The van der Waals surface area contributed by atoms with Crippen molar-refractivity contribution in [2.24, 2.45) is 0 Å². The van der Waals surface area contributed by atoms with Crippen LogP contribution in [0.1, 0.15) is 15.9 Å². The van der Waals surface area contributed by atoms with Gasteiger partial charge in [0.05, 0.1) is 10.5 Å². The van der Waals surface area contributed by atoms with Crippen molar-refractivity contribution in [2.75, 3.05) is 23.7 Å². The summed E-state index contributed by atoms with van der Waals surface area (Å²) in [6.07, 6.45) is 1.63. The fraction of sp³-hybridized carbons (Fsp3) is 0.125. The van der Waals surface area contributed by atoms with E-state index in [1.54, 1.807) is 12.3 Å². The molecule has 1 amide bonds. The average Bonchev–Trinajstić information content (AvgIpc) is 2.83. The lowest BCUT2D eigenvalue weighted by Crippen LogP contribution is -2.25. The molecular formula is C24H22FN5O4S. The van der Waals surface area contributed by atoms with Gasteiger partial charge in [-0.25, -0.2) is 17.8 Å². The maximum atomic E-state index is 13.1. The molecule has 4 aromatic rings. The Kier molecular flexibility index (Phi) is 6.52. The second kappa shape index (κ2) is 9.55. The van der Waals surface area contributed by atoms with Crippen LogP contribution in [0.15, 0.2) is 76.6 Å². The number of halogens is 1. The SMILES string of the molecule is CN(C)c1cc(CNC(=O)c2cc(=O)[nH]c3ccc(S(=O)(=O)Nc4ccc(F)cc4)cc23)ccn1. The van der Waals surface area contributed by atoms with Crippen LogP contribution in [0.5, 0.6) is 0 Å². The molecule has 180 valence electrons. The molecule has 9 nitrogen and oxygen atoms in total. The molecular weight excluding hydrogens is 473 g/mol. The van der Waals surface area contributed by atoms with E-state index in [0.29, 0.717) is 5.52 Å². The van der Waals surface area contributed by atoms with Crippen LogP contribution < -0.4 is 20.5 Å². The highest BCUT2D eigenvalue weighted by molar-refractivity contribution is 7.92. The minimum Gasteiger partial charge on any atom is -0.363 e. The number of amides is 1. The highest BCUT2D eigenvalue weighted by Gasteiger charge is 2.18. The summed E-state index contributed by atoms with van der Waals surface area (Å²) in [4.78, 5) is 33.7. The van der Waals surface area contributed by atoms with E-state index in [2.05, 4.69) is 20.0 Å². The maximum Gasteiger partial charge on any atom is 0.261 e. The number of nitrogens with zero attached hydrogens (tertiary/aromatic N) is 2. The van der Waals surface area contributed by atoms with Crippen molar-refractivity contribution in [3.8, 4) is 0 Å². The molecule has 35 heavy (non-hydrogen) atoms. The van der Waals surface area contributed by atoms with Gasteiger partial charge in [-0.3, -0.25) is 14.3 Å². The van der Waals surface area contributed by atoms with Gasteiger partial charge in [-0.05, 0) is 60.2 Å². The molecule has 0 saturated heterocycles. The van der Waals surface area contributed by atoms with E-state index in [9.17, 15) is 22.4 Å². The molecule has 0 atom stereocenters. The fourth-order valence-corrected chi connectivity index (χ4v) is 4.50. The monoisotopic (exact) mass is 495 g/mol. The van der Waals surface area contributed by atoms with E-state index in [4.69, 9.17) is 0 Å². The highest BCUT2D eigenvalue weighted by atomic mass is 32.2. The second-order valence-corrected chi connectivity index (χ2v) is 9.65. The highest BCUT2D eigenvalue weighted by Crippen LogP contribution is 2.23. The summed E-state index contributed by atoms with van der Waals surface area (Å²) in [5, 5.41) is 3.02. The van der Waals surface area contributed by atoms with Crippen molar-refractivity contribution in [2.45, 2.75) is 11.4 Å². The zero-order valence-corrected chi connectivity index (χ0v) is 19.7. The summed E-state index contributed by atoms with van der Waals surface area (Å²) in [5.41, 5.74) is 0.825. The largest absolute Gasteiger partial charge is 0.363 e. The number of benzene rings is 2. The van der Waals surface area contributed by atoms with Gasteiger partial charge in [0.1, 0.15) is 11.6 Å². The van der Waals surface area contributed by atoms with E-state index in [1.807, 2.05) is 25.1 Å². The molecule has 0 aliphatic carbocycles. The van der Waals surface area contributed by atoms with E-state index < -0.39 is 27.3 Å². The number of hydrogen-bond donors (Lipinski definition) is 3. The van der Waals surface area contributed by atoms with Crippen LogP contribution in [0.25, 0.3) is 10.9 Å². The van der Waals surface area contributed by atoms with E-state index in [-0.39, 0.29) is 28.1 Å². The molecule has 2 heterocycles. The number of carbonyl (C=O) groups excluding carboxylic acids is 1. The van der Waals surface area contributed by atoms with Gasteiger partial charge in [0.25, 0.3) is 15.9 Å². The van der Waals surface area contributed by atoms with Gasteiger partial charge in [0.15, 0.2) is 0 Å². The zero-order valence-electron chi connectivity index (χ0n) is 18.9. The number of carbonyl (C=O) groups is 1. The number of nitrogens with one attached hydrogen (secondary N) is 3. The summed E-state index contributed by atoms with van der Waals surface area (Å²) >= 11 is 0. The molecule has 0 fully saturated rings. The number of hydrogen-bond acceptors (Lipinski definition) is 6. The molecule has 0 bridgehead atoms. The third-order valence-corrected chi connectivity index (χ3v) is 6.57. The Hall–Kier alpha value is -4.25. The quantitative estimate of drug-likeness (QED) is 0.362. The maximum absolute atomic E-state index is 13.1. The molecule has 0 radical (unpaired) electrons. The number of pyridine rings is 2. The van der Waals surface area contributed by atoms with Crippen molar-refractivity contribution >= 4 is 38.3 Å². The molecule has 0 saturated carbocycles. The lowest BCUT2D eigenvalue weighted by Gasteiger charge is -2.13. The second-order valence-electron chi connectivity index (χ2n) is 7.97. The van der Waals surface area contributed by atoms with Crippen LogP contribution in [0.4, 0.5) is 15.9 Å². The molecule has 0 aliphatic rings. The Labute approximate surface area is 200 Å². The molecule has 3 N–H and O–H groups in total. The Morgan fingerprint density at radius 1 is 1.06 bits per heavy atom. The van der Waals surface area contributed by atoms with Crippen molar-refractivity contribution < 1.29 is 17.6 Å². The van der Waals surface area contributed by atoms with Gasteiger partial charge in [-0.1, -0.05) is 0 Å². The lowest BCUT2D eigenvalue weighted by atomic mass is 10.1. The number of rotatable bonds is 7. The normalized spacial score (nSPS) is 11.3. The molecule has 0 unspecified atom stereocenters. The number of sulfonamides is 1. The Morgan fingerprint density at radius 3 is 2.51 bits per heavy atom. The smallest absolute Gasteiger partial charge is 0.261 e. The van der Waals surface area contributed by atoms with E-state index in [0.717, 1.165) is 29.6 Å². The first-order valence-electron chi connectivity index (χ1n) is 10.5. The van der Waals surface area contributed by atoms with E-state index >= 15 is 0 Å². The number of aromatic amines is 1. The van der Waals surface area contributed by atoms with Gasteiger partial charge in [-0.15, -0.1) is 0 Å². The standard InChI is InChI=1S/C24H22FN5O4S/c1-30(2)22-11-15(9-10-26-22)14-27-24(32)20-13-23(31)28-21-8-7-18(12-19(20)21)35(33,34)29-17-5-3-16(25)4-6-17/h3-13,29H,14H2,1-2H3,(H,27,32)(H,28,31). The Morgan fingerprint density at radius 2 is 1.80 bits per heavy atom. The lowest BCUT2D eigenvalue weighted by molar-refractivity contribution is 0.0952. The van der Waals surface area contributed by atoms with Crippen molar-refractivity contribution in [3.63, 3.8) is 0 Å². The summed E-state index contributed by atoms with van der Waals surface area (Å²) in [6.45, 7) is 0.181. The third-order valence-electron chi connectivity index (χ3n) is 5.19. The van der Waals surface area contributed by atoms with Crippen molar-refractivity contribution in [1.82, 2.24) is 15.3 Å².